The predicted molar refractivity (Wildman–Crippen MR) is 77.2 cm³/mol. The van der Waals surface area contributed by atoms with Gasteiger partial charge in [-0.2, -0.15) is 13.2 Å². The lowest BCUT2D eigenvalue weighted by atomic mass is 9.95. The highest BCUT2D eigenvalue weighted by atomic mass is 35.5. The minimum Gasteiger partial charge on any atom is -0.477 e. The molecule has 0 amide bonds. The van der Waals surface area contributed by atoms with E-state index in [-0.39, 0.29) is 23.3 Å². The molecule has 0 unspecified atom stereocenters. The lowest BCUT2D eigenvalue weighted by molar-refractivity contribution is -0.137. The number of aromatic nitrogens is 1. The Morgan fingerprint density at radius 3 is 2.57 bits per heavy atom. The summed E-state index contributed by atoms with van der Waals surface area (Å²) >= 11 is 5.76. The maximum absolute atomic E-state index is 12.4. The molecule has 3 nitrogen and oxygen atoms in total. The van der Waals surface area contributed by atoms with Crippen LogP contribution in [0.15, 0.2) is 12.3 Å². The fraction of sp³-hybridized carbons (Fsp3) is 0.615. The van der Waals surface area contributed by atoms with Crippen LogP contribution in [0.25, 0.3) is 0 Å². The molecular weight excluding hydrogens is 328 g/mol. The van der Waals surface area contributed by atoms with Crippen molar-refractivity contribution in [3.8, 4) is 5.88 Å². The van der Waals surface area contributed by atoms with E-state index in [4.69, 9.17) is 16.3 Å². The molecule has 2 rings (SSSR count). The standard InChI is InChI=1S/C13H16ClF3N2O.ClH/c14-11-7-10(13(15,16)17)8-19-12(11)20-6-3-9-1-4-18-5-2-9;/h7-9,18H,1-6H2;1H. The van der Waals surface area contributed by atoms with Crippen molar-refractivity contribution in [2.45, 2.75) is 25.4 Å². The van der Waals surface area contributed by atoms with E-state index < -0.39 is 11.7 Å². The van der Waals surface area contributed by atoms with E-state index in [1.165, 1.54) is 0 Å². The average Bonchev–Trinajstić information content (AvgIpc) is 2.40. The van der Waals surface area contributed by atoms with Gasteiger partial charge in [-0.25, -0.2) is 4.98 Å². The normalized spacial score (nSPS) is 16.4. The fourth-order valence-corrected chi connectivity index (χ4v) is 2.40. The van der Waals surface area contributed by atoms with E-state index in [2.05, 4.69) is 10.3 Å². The zero-order valence-electron chi connectivity index (χ0n) is 11.3. The molecule has 0 bridgehead atoms. The summed E-state index contributed by atoms with van der Waals surface area (Å²) in [5, 5.41) is 3.17. The molecule has 8 heteroatoms. The van der Waals surface area contributed by atoms with Crippen LogP contribution in [-0.4, -0.2) is 24.7 Å². The van der Waals surface area contributed by atoms with Crippen molar-refractivity contribution < 1.29 is 17.9 Å². The van der Waals surface area contributed by atoms with Crippen molar-refractivity contribution >= 4 is 24.0 Å². The molecule has 1 aliphatic heterocycles. The number of alkyl halides is 3. The zero-order chi connectivity index (χ0) is 14.6. The maximum atomic E-state index is 12.4. The first-order chi connectivity index (χ1) is 9.47. The van der Waals surface area contributed by atoms with Gasteiger partial charge in [0.05, 0.1) is 12.2 Å². The molecule has 0 spiro atoms. The van der Waals surface area contributed by atoms with Gasteiger partial charge >= 0.3 is 6.18 Å². The smallest absolute Gasteiger partial charge is 0.417 e. The van der Waals surface area contributed by atoms with E-state index in [0.717, 1.165) is 44.6 Å². The van der Waals surface area contributed by atoms with Gasteiger partial charge in [-0.1, -0.05) is 11.6 Å². The first-order valence-electron chi connectivity index (χ1n) is 6.53. The Bertz CT molecular complexity index is 452. The van der Waals surface area contributed by atoms with E-state index >= 15 is 0 Å². The van der Waals surface area contributed by atoms with Gasteiger partial charge in [-0.05, 0) is 44.3 Å². The molecule has 0 saturated carbocycles. The molecular formula is C13H17Cl2F3N2O. The van der Waals surface area contributed by atoms with Crippen LogP contribution in [0.4, 0.5) is 13.2 Å². The molecule has 0 atom stereocenters. The monoisotopic (exact) mass is 344 g/mol. The second-order valence-corrected chi connectivity index (χ2v) is 5.25. The molecule has 0 aromatic carbocycles. The van der Waals surface area contributed by atoms with E-state index in [1.54, 1.807) is 0 Å². The van der Waals surface area contributed by atoms with Crippen LogP contribution in [0.1, 0.15) is 24.8 Å². The first-order valence-corrected chi connectivity index (χ1v) is 6.91. The van der Waals surface area contributed by atoms with Crippen LogP contribution in [0, 0.1) is 5.92 Å². The van der Waals surface area contributed by atoms with Crippen LogP contribution in [0.5, 0.6) is 5.88 Å². The van der Waals surface area contributed by atoms with Crippen molar-refractivity contribution in [2.75, 3.05) is 19.7 Å². The fourth-order valence-electron chi connectivity index (χ4n) is 2.18. The van der Waals surface area contributed by atoms with E-state index in [0.29, 0.717) is 12.5 Å². The van der Waals surface area contributed by atoms with Crippen molar-refractivity contribution in [3.05, 3.63) is 22.8 Å². The minimum atomic E-state index is -4.44. The van der Waals surface area contributed by atoms with Crippen LogP contribution in [-0.2, 0) is 6.18 Å². The van der Waals surface area contributed by atoms with Crippen molar-refractivity contribution in [2.24, 2.45) is 5.92 Å². The van der Waals surface area contributed by atoms with Crippen molar-refractivity contribution in [1.82, 2.24) is 10.3 Å². The Morgan fingerprint density at radius 1 is 1.33 bits per heavy atom. The largest absolute Gasteiger partial charge is 0.477 e. The second kappa shape index (κ2) is 8.06. The Labute approximate surface area is 132 Å². The highest BCUT2D eigenvalue weighted by Crippen LogP contribution is 2.33. The number of halogens is 5. The summed E-state index contributed by atoms with van der Waals surface area (Å²) in [5.41, 5.74) is -0.867. The summed E-state index contributed by atoms with van der Waals surface area (Å²) in [5.74, 6) is 0.651. The molecule has 1 aliphatic rings. The molecule has 2 heterocycles. The lowest BCUT2D eigenvalue weighted by Gasteiger charge is -2.22. The van der Waals surface area contributed by atoms with Crippen molar-refractivity contribution in [3.63, 3.8) is 0 Å². The number of nitrogens with zero attached hydrogens (tertiary/aromatic N) is 1. The van der Waals surface area contributed by atoms with Crippen LogP contribution in [0.3, 0.4) is 0 Å². The maximum Gasteiger partial charge on any atom is 0.417 e. The van der Waals surface area contributed by atoms with E-state index in [9.17, 15) is 13.2 Å². The van der Waals surface area contributed by atoms with Gasteiger partial charge in [0.25, 0.3) is 0 Å². The number of ether oxygens (including phenoxy) is 1. The average molecular weight is 345 g/mol. The van der Waals surface area contributed by atoms with E-state index in [1.807, 2.05) is 0 Å². The summed E-state index contributed by atoms with van der Waals surface area (Å²) < 4.78 is 42.7. The Kier molecular flexibility index (Phi) is 7.03. The molecule has 1 N–H and O–H groups in total. The second-order valence-electron chi connectivity index (χ2n) is 4.84. The highest BCUT2D eigenvalue weighted by molar-refractivity contribution is 6.31. The summed E-state index contributed by atoms with van der Waals surface area (Å²) in [4.78, 5) is 3.64. The number of rotatable bonds is 4. The Balaban J connectivity index is 0.00000220. The predicted octanol–water partition coefficient (Wildman–Crippen LogP) is 3.94. The van der Waals surface area contributed by atoms with Gasteiger partial charge in [0, 0.05) is 6.20 Å². The number of piperidine rings is 1. The third kappa shape index (κ3) is 5.52. The van der Waals surface area contributed by atoms with Crippen molar-refractivity contribution in [1.29, 1.82) is 0 Å². The molecule has 1 aromatic heterocycles. The molecule has 0 aliphatic carbocycles. The number of hydrogen-bond donors (Lipinski definition) is 1. The van der Waals surface area contributed by atoms with Crippen LogP contribution in [0.2, 0.25) is 5.02 Å². The van der Waals surface area contributed by atoms with Gasteiger partial charge < -0.3 is 10.1 Å². The summed E-state index contributed by atoms with van der Waals surface area (Å²) in [7, 11) is 0. The molecule has 1 saturated heterocycles. The topological polar surface area (TPSA) is 34.1 Å². The summed E-state index contributed by atoms with van der Waals surface area (Å²) in [6.45, 7) is 2.43. The first kappa shape index (κ1) is 18.3. The van der Waals surface area contributed by atoms with Gasteiger partial charge in [-0.15, -0.1) is 12.4 Å². The minimum absolute atomic E-state index is 0. The van der Waals surface area contributed by atoms with Crippen LogP contribution < -0.4 is 10.1 Å². The van der Waals surface area contributed by atoms with Gasteiger partial charge in [0.1, 0.15) is 5.02 Å². The summed E-state index contributed by atoms with van der Waals surface area (Å²) in [6.07, 6.45) is -0.647. The Hall–Kier alpha value is -0.720. The quantitative estimate of drug-likeness (QED) is 0.898. The lowest BCUT2D eigenvalue weighted by Crippen LogP contribution is -2.28. The zero-order valence-corrected chi connectivity index (χ0v) is 12.8. The molecule has 1 fully saturated rings. The number of pyridine rings is 1. The Morgan fingerprint density at radius 2 is 2.00 bits per heavy atom. The van der Waals surface area contributed by atoms with Gasteiger partial charge in [0.15, 0.2) is 0 Å². The third-order valence-electron chi connectivity index (χ3n) is 3.36. The summed E-state index contributed by atoms with van der Waals surface area (Å²) in [6, 6.07) is 0.842. The van der Waals surface area contributed by atoms with Gasteiger partial charge in [-0.3, -0.25) is 0 Å². The third-order valence-corrected chi connectivity index (χ3v) is 3.63. The molecule has 120 valence electrons. The molecule has 0 radical (unpaired) electrons. The molecule has 1 aromatic rings. The number of hydrogen-bond acceptors (Lipinski definition) is 3. The van der Waals surface area contributed by atoms with Gasteiger partial charge in [0.2, 0.25) is 5.88 Å². The SMILES string of the molecule is Cl.FC(F)(F)c1cnc(OCCC2CCNCC2)c(Cl)c1. The molecule has 21 heavy (non-hydrogen) atoms. The highest BCUT2D eigenvalue weighted by Gasteiger charge is 2.31. The van der Waals surface area contributed by atoms with Crippen LogP contribution >= 0.6 is 24.0 Å². The number of nitrogens with one attached hydrogen (secondary N) is 1.